The lowest BCUT2D eigenvalue weighted by molar-refractivity contribution is -0.119. The Hall–Kier alpha value is -0.940. The molecule has 2 heterocycles. The van der Waals surface area contributed by atoms with Crippen molar-refractivity contribution in [3.8, 4) is 0 Å². The summed E-state index contributed by atoms with van der Waals surface area (Å²) in [5, 5.41) is 7.89. The highest BCUT2D eigenvalue weighted by atomic mass is 127. The predicted octanol–water partition coefficient (Wildman–Crippen LogP) is 1.38. The van der Waals surface area contributed by atoms with E-state index in [9.17, 15) is 4.79 Å². The summed E-state index contributed by atoms with van der Waals surface area (Å²) in [6.45, 7) is 9.71. The third kappa shape index (κ3) is 7.45. The van der Waals surface area contributed by atoms with E-state index in [1.165, 1.54) is 4.88 Å². The van der Waals surface area contributed by atoms with E-state index in [0.717, 1.165) is 49.1 Å². The zero-order chi connectivity index (χ0) is 17.5. The van der Waals surface area contributed by atoms with Gasteiger partial charge in [0.2, 0.25) is 5.91 Å². The Kier molecular flexibility index (Phi) is 9.65. The number of aliphatic imine (C=N–C) groups is 1. The topological polar surface area (TPSA) is 95.6 Å². The average Bonchev–Trinajstić information content (AvgIpc) is 2.84. The first kappa shape index (κ1) is 22.1. The normalized spacial score (nSPS) is 16.4. The molecule has 1 amide bonds. The zero-order valence-corrected chi connectivity index (χ0v) is 18.3. The molecule has 0 aliphatic carbocycles. The second kappa shape index (κ2) is 10.9. The van der Waals surface area contributed by atoms with Crippen molar-refractivity contribution in [3.63, 3.8) is 0 Å². The van der Waals surface area contributed by atoms with Crippen LogP contribution < -0.4 is 16.4 Å². The molecule has 2 rings (SSSR count). The van der Waals surface area contributed by atoms with Gasteiger partial charge in [-0.25, -0.2) is 9.98 Å². The van der Waals surface area contributed by atoms with E-state index in [2.05, 4.69) is 27.4 Å². The van der Waals surface area contributed by atoms with Crippen LogP contribution in [-0.4, -0.2) is 54.0 Å². The van der Waals surface area contributed by atoms with E-state index in [-0.39, 0.29) is 29.9 Å². The van der Waals surface area contributed by atoms with Gasteiger partial charge in [-0.05, 0) is 33.6 Å². The van der Waals surface area contributed by atoms with Gasteiger partial charge in [-0.1, -0.05) is 0 Å². The van der Waals surface area contributed by atoms with Crippen molar-refractivity contribution in [2.24, 2.45) is 10.7 Å². The van der Waals surface area contributed by atoms with Gasteiger partial charge in [0.25, 0.3) is 0 Å². The number of carbonyl (C=O) groups is 1. The van der Waals surface area contributed by atoms with E-state index < -0.39 is 0 Å². The lowest BCUT2D eigenvalue weighted by Crippen LogP contribution is -2.49. The molecule has 25 heavy (non-hydrogen) atoms. The van der Waals surface area contributed by atoms with Crippen molar-refractivity contribution in [2.45, 2.75) is 46.2 Å². The number of hydrogen-bond donors (Lipinski definition) is 3. The quantitative estimate of drug-likeness (QED) is 0.325. The number of guanidine groups is 1. The standard InChI is InChI=1S/C16H28N6OS.HI/c1-4-18-16(19-9-14-11(2)20-12(3)24-14)21-13-5-7-22(8-6-13)10-15(17)23;/h13H,4-10H2,1-3H3,(H2,17,23)(H2,18,19,21);1H. The lowest BCUT2D eigenvalue weighted by Gasteiger charge is -2.32. The molecule has 1 aromatic rings. The molecule has 1 aliphatic rings. The van der Waals surface area contributed by atoms with Crippen LogP contribution in [0.5, 0.6) is 0 Å². The number of thiazole rings is 1. The summed E-state index contributed by atoms with van der Waals surface area (Å²) in [7, 11) is 0. The number of piperidine rings is 1. The van der Waals surface area contributed by atoms with Crippen LogP contribution in [0.15, 0.2) is 4.99 Å². The first-order valence-corrected chi connectivity index (χ1v) is 9.28. The molecule has 0 saturated carbocycles. The molecule has 0 spiro atoms. The number of aryl methyl sites for hydroxylation is 2. The van der Waals surface area contributed by atoms with Crippen molar-refractivity contribution in [3.05, 3.63) is 15.6 Å². The highest BCUT2D eigenvalue weighted by Gasteiger charge is 2.20. The summed E-state index contributed by atoms with van der Waals surface area (Å²) in [4.78, 5) is 23.5. The van der Waals surface area contributed by atoms with Crippen molar-refractivity contribution in [2.75, 3.05) is 26.2 Å². The number of hydrogen-bond acceptors (Lipinski definition) is 5. The Morgan fingerprint density at radius 3 is 2.60 bits per heavy atom. The molecule has 1 saturated heterocycles. The van der Waals surface area contributed by atoms with Crippen LogP contribution in [-0.2, 0) is 11.3 Å². The summed E-state index contributed by atoms with van der Waals surface area (Å²) in [6.07, 6.45) is 1.97. The fraction of sp³-hybridized carbons (Fsp3) is 0.688. The van der Waals surface area contributed by atoms with Crippen LogP contribution in [0.1, 0.15) is 35.3 Å². The molecule has 1 aliphatic heterocycles. The summed E-state index contributed by atoms with van der Waals surface area (Å²) < 4.78 is 0. The third-order valence-corrected chi connectivity index (χ3v) is 5.09. The Morgan fingerprint density at radius 1 is 1.40 bits per heavy atom. The number of halogens is 1. The molecule has 0 radical (unpaired) electrons. The zero-order valence-electron chi connectivity index (χ0n) is 15.2. The third-order valence-electron chi connectivity index (χ3n) is 4.03. The molecule has 0 aromatic carbocycles. The minimum atomic E-state index is -0.258. The summed E-state index contributed by atoms with van der Waals surface area (Å²) in [5.74, 6) is 0.586. The second-order valence-electron chi connectivity index (χ2n) is 6.10. The monoisotopic (exact) mass is 480 g/mol. The predicted molar refractivity (Wildman–Crippen MR) is 114 cm³/mol. The number of aromatic nitrogens is 1. The summed E-state index contributed by atoms with van der Waals surface area (Å²) in [6, 6.07) is 0.372. The molecule has 4 N–H and O–H groups in total. The van der Waals surface area contributed by atoms with Gasteiger partial charge < -0.3 is 16.4 Å². The highest BCUT2D eigenvalue weighted by molar-refractivity contribution is 14.0. The Bertz CT molecular complexity index is 583. The Balaban J connectivity index is 0.00000312. The Morgan fingerprint density at radius 2 is 2.08 bits per heavy atom. The number of nitrogens with one attached hydrogen (secondary N) is 2. The fourth-order valence-electron chi connectivity index (χ4n) is 2.84. The van der Waals surface area contributed by atoms with Crippen molar-refractivity contribution >= 4 is 47.2 Å². The van der Waals surface area contributed by atoms with Gasteiger partial charge in [0.1, 0.15) is 0 Å². The maximum absolute atomic E-state index is 11.0. The first-order chi connectivity index (χ1) is 11.5. The molecule has 1 fully saturated rings. The van der Waals surface area contributed by atoms with Gasteiger partial charge in [0, 0.05) is 30.6 Å². The molecular formula is C16H29IN6OS. The second-order valence-corrected chi connectivity index (χ2v) is 7.39. The van der Waals surface area contributed by atoms with Crippen LogP contribution in [0.25, 0.3) is 0 Å². The maximum Gasteiger partial charge on any atom is 0.231 e. The smallest absolute Gasteiger partial charge is 0.231 e. The van der Waals surface area contributed by atoms with E-state index in [1.807, 2.05) is 13.8 Å². The van der Waals surface area contributed by atoms with Crippen LogP contribution in [0.4, 0.5) is 0 Å². The molecule has 0 bridgehead atoms. The van der Waals surface area contributed by atoms with Gasteiger partial charge in [0.15, 0.2) is 5.96 Å². The number of primary amides is 1. The van der Waals surface area contributed by atoms with Crippen LogP contribution in [0.2, 0.25) is 0 Å². The van der Waals surface area contributed by atoms with Gasteiger partial charge in [0.05, 0.1) is 23.8 Å². The average molecular weight is 480 g/mol. The van der Waals surface area contributed by atoms with E-state index in [0.29, 0.717) is 19.1 Å². The van der Waals surface area contributed by atoms with Crippen LogP contribution in [0.3, 0.4) is 0 Å². The summed E-state index contributed by atoms with van der Waals surface area (Å²) in [5.41, 5.74) is 6.32. The van der Waals surface area contributed by atoms with Gasteiger partial charge in [-0.15, -0.1) is 35.3 Å². The number of rotatable bonds is 6. The number of nitrogens with two attached hydrogens (primary N) is 1. The minimum Gasteiger partial charge on any atom is -0.369 e. The number of nitrogens with zero attached hydrogens (tertiary/aromatic N) is 3. The van der Waals surface area contributed by atoms with Crippen molar-refractivity contribution in [1.29, 1.82) is 0 Å². The molecule has 7 nitrogen and oxygen atoms in total. The van der Waals surface area contributed by atoms with Gasteiger partial charge in [-0.2, -0.15) is 0 Å². The Labute approximate surface area is 170 Å². The molecular weight excluding hydrogens is 451 g/mol. The number of amides is 1. The highest BCUT2D eigenvalue weighted by Crippen LogP contribution is 2.18. The molecule has 142 valence electrons. The number of likely N-dealkylation sites (tertiary alicyclic amines) is 1. The molecule has 1 aromatic heterocycles. The molecule has 0 unspecified atom stereocenters. The largest absolute Gasteiger partial charge is 0.369 e. The van der Waals surface area contributed by atoms with E-state index in [4.69, 9.17) is 10.7 Å². The SMILES string of the molecule is CCNC(=NCc1sc(C)nc1C)NC1CCN(CC(N)=O)CC1.I. The van der Waals surface area contributed by atoms with Crippen molar-refractivity contribution < 1.29 is 4.79 Å². The maximum atomic E-state index is 11.0. The van der Waals surface area contributed by atoms with Gasteiger partial charge >= 0.3 is 0 Å². The fourth-order valence-corrected chi connectivity index (χ4v) is 3.70. The van der Waals surface area contributed by atoms with E-state index in [1.54, 1.807) is 11.3 Å². The number of carbonyl (C=O) groups excluding carboxylic acids is 1. The van der Waals surface area contributed by atoms with Gasteiger partial charge in [-0.3, -0.25) is 9.69 Å². The lowest BCUT2D eigenvalue weighted by atomic mass is 10.1. The molecule has 0 atom stereocenters. The van der Waals surface area contributed by atoms with Crippen molar-refractivity contribution in [1.82, 2.24) is 20.5 Å². The van der Waals surface area contributed by atoms with Crippen LogP contribution in [0, 0.1) is 13.8 Å². The van der Waals surface area contributed by atoms with Crippen LogP contribution >= 0.6 is 35.3 Å². The summed E-state index contributed by atoms with van der Waals surface area (Å²) >= 11 is 1.70. The minimum absolute atomic E-state index is 0. The molecule has 9 heteroatoms. The first-order valence-electron chi connectivity index (χ1n) is 8.46. The van der Waals surface area contributed by atoms with E-state index >= 15 is 0 Å².